The van der Waals surface area contributed by atoms with Crippen LogP contribution in [-0.4, -0.2) is 32.6 Å². The summed E-state index contributed by atoms with van der Waals surface area (Å²) in [7, 11) is 0. The Morgan fingerprint density at radius 2 is 1.85 bits per heavy atom. The van der Waals surface area contributed by atoms with Crippen molar-refractivity contribution in [3.8, 4) is 11.5 Å². The Balaban J connectivity index is 1.65. The smallest absolute Gasteiger partial charge is 0.419 e. The van der Waals surface area contributed by atoms with Gasteiger partial charge < -0.3 is 19.3 Å². The lowest BCUT2D eigenvalue weighted by Crippen LogP contribution is -2.42. The summed E-state index contributed by atoms with van der Waals surface area (Å²) < 4.78 is 49.0. The Morgan fingerprint density at radius 3 is 2.44 bits per heavy atom. The number of carboxylic acids is 1. The zero-order chi connectivity index (χ0) is 28.3. The van der Waals surface area contributed by atoms with E-state index >= 15 is 0 Å². The molecule has 2 aromatic carbocycles. The average molecular weight is 544 g/mol. The number of hydrogen-bond acceptors (Lipinski definition) is 4. The molecular formula is C29H32F3N3O4. The van der Waals surface area contributed by atoms with Crippen molar-refractivity contribution in [3.63, 3.8) is 0 Å². The second-order valence-corrected chi connectivity index (χ2v) is 10.4. The lowest BCUT2D eigenvalue weighted by molar-refractivity contribution is -0.138. The van der Waals surface area contributed by atoms with Crippen molar-refractivity contribution in [2.45, 2.75) is 65.2 Å². The summed E-state index contributed by atoms with van der Waals surface area (Å²) in [4.78, 5) is 31.1. The van der Waals surface area contributed by atoms with Crippen molar-refractivity contribution in [1.82, 2.24) is 9.55 Å². The number of nitrogens with zero attached hydrogens (tertiary/aromatic N) is 3. The van der Waals surface area contributed by atoms with E-state index in [1.165, 1.54) is 47.8 Å². The van der Waals surface area contributed by atoms with Gasteiger partial charge in [0.05, 0.1) is 23.1 Å². The van der Waals surface area contributed by atoms with E-state index in [0.717, 1.165) is 31.7 Å². The maximum atomic E-state index is 13.9. The predicted molar refractivity (Wildman–Crippen MR) is 140 cm³/mol. The number of ether oxygens (including phenoxy) is 1. The van der Waals surface area contributed by atoms with E-state index in [1.54, 1.807) is 24.6 Å². The molecule has 1 aliphatic rings. The summed E-state index contributed by atoms with van der Waals surface area (Å²) in [6.45, 7) is 5.96. The first-order valence-corrected chi connectivity index (χ1v) is 13.0. The Bertz CT molecular complexity index is 1310. The highest BCUT2D eigenvalue weighted by molar-refractivity contribution is 6.03. The van der Waals surface area contributed by atoms with Gasteiger partial charge in [-0.2, -0.15) is 13.2 Å². The summed E-state index contributed by atoms with van der Waals surface area (Å²) >= 11 is 0. The number of benzene rings is 2. The Hall–Kier alpha value is -3.82. The molecule has 39 heavy (non-hydrogen) atoms. The van der Waals surface area contributed by atoms with Gasteiger partial charge in [-0.25, -0.2) is 9.78 Å². The first-order chi connectivity index (χ1) is 18.4. The Morgan fingerprint density at radius 1 is 1.13 bits per heavy atom. The zero-order valence-electron chi connectivity index (χ0n) is 22.1. The van der Waals surface area contributed by atoms with Gasteiger partial charge >= 0.3 is 12.1 Å². The molecule has 10 heteroatoms. The van der Waals surface area contributed by atoms with Crippen LogP contribution in [0.5, 0.6) is 11.5 Å². The van der Waals surface area contributed by atoms with E-state index < -0.39 is 23.5 Å². The third-order valence-electron chi connectivity index (χ3n) is 7.08. The Labute approximate surface area is 225 Å². The van der Waals surface area contributed by atoms with Crippen LogP contribution in [0.25, 0.3) is 0 Å². The van der Waals surface area contributed by atoms with E-state index in [2.05, 4.69) is 11.9 Å². The molecule has 0 unspecified atom stereocenters. The average Bonchev–Trinajstić information content (AvgIpc) is 3.38. The van der Waals surface area contributed by atoms with Crippen LogP contribution in [0.4, 0.5) is 18.9 Å². The van der Waals surface area contributed by atoms with Crippen LogP contribution >= 0.6 is 0 Å². The number of hydrogen-bond donors (Lipinski definition) is 1. The molecule has 0 atom stereocenters. The summed E-state index contributed by atoms with van der Waals surface area (Å²) in [5.41, 5.74) is -0.603. The van der Waals surface area contributed by atoms with E-state index in [4.69, 9.17) is 4.74 Å². The molecule has 1 heterocycles. The van der Waals surface area contributed by atoms with Gasteiger partial charge in [0.15, 0.2) is 0 Å². The Kier molecular flexibility index (Phi) is 8.32. The van der Waals surface area contributed by atoms with Crippen molar-refractivity contribution >= 4 is 17.6 Å². The number of imidazole rings is 1. The normalized spacial score (nSPS) is 17.7. The lowest BCUT2D eigenvalue weighted by Gasteiger charge is -2.34. The fraction of sp³-hybridized carbons (Fsp3) is 0.414. The van der Waals surface area contributed by atoms with Crippen LogP contribution in [-0.2, 0) is 17.5 Å². The number of rotatable bonds is 8. The molecule has 1 saturated carbocycles. The van der Waals surface area contributed by atoms with Gasteiger partial charge in [-0.1, -0.05) is 13.0 Å². The summed E-state index contributed by atoms with van der Waals surface area (Å²) in [6, 6.07) is 7.42. The molecule has 0 aliphatic heterocycles. The van der Waals surface area contributed by atoms with Crippen LogP contribution in [0.15, 0.2) is 55.1 Å². The standard InChI is InChI=1S/C29H32F3N3O4/c1-18(2)35(27(36)21-7-4-19(3)5-8-21)25-10-9-22(15-23(25)28(37)38)39-26-11-6-20(14-24(26)29(30,31)32)16-34-13-12-33-17-34/h6,9-15,17-19,21H,4-5,7-8,16H2,1-3H3,(H,37,38)/t19-,21-. The lowest BCUT2D eigenvalue weighted by atomic mass is 9.82. The second kappa shape index (κ2) is 11.5. The van der Waals surface area contributed by atoms with E-state index in [9.17, 15) is 27.9 Å². The predicted octanol–water partition coefficient (Wildman–Crippen LogP) is 7.01. The molecule has 7 nitrogen and oxygen atoms in total. The molecule has 3 aromatic rings. The number of anilines is 1. The van der Waals surface area contributed by atoms with E-state index in [1.807, 2.05) is 0 Å². The van der Waals surface area contributed by atoms with Gasteiger partial charge in [0, 0.05) is 30.9 Å². The highest BCUT2D eigenvalue weighted by Gasteiger charge is 2.36. The van der Waals surface area contributed by atoms with Crippen molar-refractivity contribution in [2.75, 3.05) is 4.90 Å². The number of alkyl halides is 3. The minimum atomic E-state index is -4.70. The largest absolute Gasteiger partial charge is 0.478 e. The number of aromatic nitrogens is 2. The number of halogens is 3. The van der Waals surface area contributed by atoms with E-state index in [-0.39, 0.29) is 41.4 Å². The number of carboxylic acid groups (broad SMARTS) is 1. The molecule has 1 aromatic heterocycles. The van der Waals surface area contributed by atoms with Crippen molar-refractivity contribution in [1.29, 1.82) is 0 Å². The van der Waals surface area contributed by atoms with Gasteiger partial charge in [-0.3, -0.25) is 4.79 Å². The minimum Gasteiger partial charge on any atom is -0.478 e. The second-order valence-electron chi connectivity index (χ2n) is 10.4. The molecule has 0 saturated heterocycles. The molecular weight excluding hydrogens is 511 g/mol. The molecule has 1 aliphatic carbocycles. The summed E-state index contributed by atoms with van der Waals surface area (Å²) in [5.74, 6) is -1.62. The van der Waals surface area contributed by atoms with Crippen molar-refractivity contribution in [2.24, 2.45) is 11.8 Å². The maximum absolute atomic E-state index is 13.9. The minimum absolute atomic E-state index is 0.0772. The van der Waals surface area contributed by atoms with Crippen LogP contribution in [0, 0.1) is 11.8 Å². The maximum Gasteiger partial charge on any atom is 0.419 e. The number of carbonyl (C=O) groups is 2. The van der Waals surface area contributed by atoms with E-state index in [0.29, 0.717) is 11.5 Å². The van der Waals surface area contributed by atoms with Gasteiger partial charge in [0.25, 0.3) is 0 Å². The van der Waals surface area contributed by atoms with Crippen LogP contribution < -0.4 is 9.64 Å². The SMILES string of the molecule is CC(C)N(c1ccc(Oc2ccc(Cn3ccnc3)cc2C(F)(F)F)cc1C(=O)O)C(=O)[C@H]1CC[C@H](C)CC1. The molecule has 0 bridgehead atoms. The number of carbonyl (C=O) groups excluding carboxylic acids is 1. The van der Waals surface area contributed by atoms with Gasteiger partial charge in [0.1, 0.15) is 11.5 Å². The van der Waals surface area contributed by atoms with Gasteiger partial charge in [-0.15, -0.1) is 0 Å². The molecule has 0 radical (unpaired) electrons. The molecule has 1 fully saturated rings. The molecule has 208 valence electrons. The topological polar surface area (TPSA) is 84.7 Å². The first kappa shape index (κ1) is 28.2. The molecule has 1 N–H and O–H groups in total. The van der Waals surface area contributed by atoms with Crippen molar-refractivity contribution in [3.05, 3.63) is 71.8 Å². The summed E-state index contributed by atoms with van der Waals surface area (Å²) in [6.07, 6.45) is 3.34. The van der Waals surface area contributed by atoms with Crippen LogP contribution in [0.2, 0.25) is 0 Å². The highest BCUT2D eigenvalue weighted by atomic mass is 19.4. The van der Waals surface area contributed by atoms with Crippen LogP contribution in [0.1, 0.15) is 67.9 Å². The molecule has 4 rings (SSSR count). The third kappa shape index (κ3) is 6.61. The molecule has 1 amide bonds. The monoisotopic (exact) mass is 543 g/mol. The fourth-order valence-corrected chi connectivity index (χ4v) is 5.02. The summed E-state index contributed by atoms with van der Waals surface area (Å²) in [5, 5.41) is 9.98. The third-order valence-corrected chi connectivity index (χ3v) is 7.08. The zero-order valence-corrected chi connectivity index (χ0v) is 22.1. The molecule has 0 spiro atoms. The van der Waals surface area contributed by atoms with Gasteiger partial charge in [-0.05, 0) is 81.3 Å². The fourth-order valence-electron chi connectivity index (χ4n) is 5.02. The van der Waals surface area contributed by atoms with Crippen LogP contribution in [0.3, 0.4) is 0 Å². The van der Waals surface area contributed by atoms with Gasteiger partial charge in [0.2, 0.25) is 5.91 Å². The first-order valence-electron chi connectivity index (χ1n) is 13.0. The number of aromatic carboxylic acids is 1. The quantitative estimate of drug-likeness (QED) is 0.330. The van der Waals surface area contributed by atoms with Crippen molar-refractivity contribution < 1.29 is 32.6 Å². The highest BCUT2D eigenvalue weighted by Crippen LogP contribution is 2.40. The number of amides is 1.